The van der Waals surface area contributed by atoms with Gasteiger partial charge >= 0.3 is 0 Å². The molecule has 2 heterocycles. The van der Waals surface area contributed by atoms with E-state index in [0.29, 0.717) is 12.1 Å². The molecule has 0 fully saturated rings. The maximum Gasteiger partial charge on any atom is 0.259 e. The van der Waals surface area contributed by atoms with E-state index in [-0.39, 0.29) is 5.91 Å². The van der Waals surface area contributed by atoms with Gasteiger partial charge in [0, 0.05) is 36.2 Å². The summed E-state index contributed by atoms with van der Waals surface area (Å²) < 4.78 is 0. The molecule has 0 aliphatic carbocycles. The Morgan fingerprint density at radius 3 is 2.78 bits per heavy atom. The number of pyridine rings is 1. The molecule has 1 aromatic heterocycles. The van der Waals surface area contributed by atoms with Crippen LogP contribution in [0.15, 0.2) is 67.0 Å². The number of nitrogens with zero attached hydrogens (tertiary/aromatic N) is 2. The number of carbonyl (C=O) groups is 1. The number of amides is 1. The fraction of sp³-hybridized carbons (Fsp3) is 0.182. The Morgan fingerprint density at radius 2 is 1.93 bits per heavy atom. The second-order valence-electron chi connectivity index (χ2n) is 6.63. The third-order valence-corrected chi connectivity index (χ3v) is 5.00. The van der Waals surface area contributed by atoms with Gasteiger partial charge in [0.15, 0.2) is 0 Å². The number of nitrogens with one attached hydrogen (secondary N) is 1. The number of hydrogen-bond donors (Lipinski definition) is 1. The molecule has 1 N–H and O–H groups in total. The standard InChI is InChI=1S/C22H20ClN3O/c23-19-9-7-16(8-10-19)13-25-20-12-18(14-24-15-20)22(27)26-11-3-5-17-4-1-2-6-21(17)26/h1-2,4,6-10,12,14-15,25H,3,5,11,13H2. The average Bonchev–Trinajstić information content (AvgIpc) is 2.72. The SMILES string of the molecule is O=C(c1cncc(NCc2ccc(Cl)cc2)c1)N1CCCc2ccccc21. The van der Waals surface area contributed by atoms with Crippen LogP contribution in [-0.2, 0) is 13.0 Å². The van der Waals surface area contributed by atoms with E-state index in [1.807, 2.05) is 53.4 Å². The van der Waals surface area contributed by atoms with Gasteiger partial charge in [0.05, 0.1) is 11.3 Å². The van der Waals surface area contributed by atoms with Gasteiger partial charge in [-0.3, -0.25) is 9.78 Å². The highest BCUT2D eigenvalue weighted by molar-refractivity contribution is 6.30. The van der Waals surface area contributed by atoms with Gasteiger partial charge in [0.1, 0.15) is 0 Å². The monoisotopic (exact) mass is 377 g/mol. The van der Waals surface area contributed by atoms with Crippen LogP contribution in [-0.4, -0.2) is 17.4 Å². The molecule has 0 saturated carbocycles. The summed E-state index contributed by atoms with van der Waals surface area (Å²) in [6.45, 7) is 1.38. The largest absolute Gasteiger partial charge is 0.380 e. The predicted octanol–water partition coefficient (Wildman–Crippen LogP) is 4.94. The van der Waals surface area contributed by atoms with E-state index in [2.05, 4.69) is 16.4 Å². The fourth-order valence-electron chi connectivity index (χ4n) is 3.36. The summed E-state index contributed by atoms with van der Waals surface area (Å²) in [6, 6.07) is 17.7. The molecule has 0 bridgehead atoms. The van der Waals surface area contributed by atoms with Crippen molar-refractivity contribution in [3.05, 3.63) is 88.7 Å². The number of anilines is 2. The van der Waals surface area contributed by atoms with Crippen LogP contribution >= 0.6 is 11.6 Å². The third kappa shape index (κ3) is 3.96. The molecule has 0 saturated heterocycles. The normalized spacial score (nSPS) is 13.1. The molecule has 136 valence electrons. The van der Waals surface area contributed by atoms with Gasteiger partial charge in [0.25, 0.3) is 5.91 Å². The highest BCUT2D eigenvalue weighted by Crippen LogP contribution is 2.28. The van der Waals surface area contributed by atoms with E-state index >= 15 is 0 Å². The summed E-state index contributed by atoms with van der Waals surface area (Å²) in [5.74, 6) is -0.00945. The molecule has 0 atom stereocenters. The first kappa shape index (κ1) is 17.6. The van der Waals surface area contributed by atoms with Gasteiger partial charge in [-0.1, -0.05) is 41.9 Å². The van der Waals surface area contributed by atoms with Gasteiger partial charge in [-0.2, -0.15) is 0 Å². The number of carbonyl (C=O) groups excluding carboxylic acids is 1. The maximum absolute atomic E-state index is 13.1. The predicted molar refractivity (Wildman–Crippen MR) is 109 cm³/mol. The summed E-state index contributed by atoms with van der Waals surface area (Å²) in [5, 5.41) is 4.04. The van der Waals surface area contributed by atoms with Crippen molar-refractivity contribution >= 4 is 28.9 Å². The highest BCUT2D eigenvalue weighted by Gasteiger charge is 2.23. The minimum atomic E-state index is -0.00945. The Morgan fingerprint density at radius 1 is 1.11 bits per heavy atom. The fourth-order valence-corrected chi connectivity index (χ4v) is 3.49. The molecular weight excluding hydrogens is 358 g/mol. The van der Waals surface area contributed by atoms with Crippen molar-refractivity contribution in [1.82, 2.24) is 4.98 Å². The lowest BCUT2D eigenvalue weighted by molar-refractivity contribution is 0.0985. The molecule has 0 spiro atoms. The van der Waals surface area contributed by atoms with Crippen molar-refractivity contribution in [3.8, 4) is 0 Å². The van der Waals surface area contributed by atoms with Crippen LogP contribution in [0.1, 0.15) is 27.9 Å². The van der Waals surface area contributed by atoms with Crippen molar-refractivity contribution in [1.29, 1.82) is 0 Å². The van der Waals surface area contributed by atoms with E-state index in [0.717, 1.165) is 41.3 Å². The van der Waals surface area contributed by atoms with Crippen LogP contribution in [0.5, 0.6) is 0 Å². The number of para-hydroxylation sites is 1. The third-order valence-electron chi connectivity index (χ3n) is 4.75. The first-order valence-corrected chi connectivity index (χ1v) is 9.41. The van der Waals surface area contributed by atoms with E-state index in [1.165, 1.54) is 5.56 Å². The lowest BCUT2D eigenvalue weighted by Gasteiger charge is -2.29. The molecule has 1 aliphatic heterocycles. The topological polar surface area (TPSA) is 45.2 Å². The number of aromatic nitrogens is 1. The lowest BCUT2D eigenvalue weighted by Crippen LogP contribution is -2.35. The van der Waals surface area contributed by atoms with Gasteiger partial charge in [0.2, 0.25) is 0 Å². The van der Waals surface area contributed by atoms with Crippen LogP contribution in [0.3, 0.4) is 0 Å². The quantitative estimate of drug-likeness (QED) is 0.700. The summed E-state index contributed by atoms with van der Waals surface area (Å²) in [6.07, 6.45) is 5.36. The number of rotatable bonds is 4. The van der Waals surface area contributed by atoms with Crippen LogP contribution < -0.4 is 10.2 Å². The van der Waals surface area contributed by atoms with Crippen LogP contribution in [0.4, 0.5) is 11.4 Å². The van der Waals surface area contributed by atoms with Crippen molar-refractivity contribution < 1.29 is 4.79 Å². The van der Waals surface area contributed by atoms with Gasteiger partial charge in [-0.05, 0) is 48.2 Å². The number of aryl methyl sites for hydroxylation is 1. The van der Waals surface area contributed by atoms with E-state index in [4.69, 9.17) is 11.6 Å². The Kier molecular flexibility index (Phi) is 5.07. The smallest absolute Gasteiger partial charge is 0.259 e. The molecule has 4 nitrogen and oxygen atoms in total. The summed E-state index contributed by atoms with van der Waals surface area (Å²) in [7, 11) is 0. The molecule has 2 aromatic carbocycles. The number of fused-ring (bicyclic) bond motifs is 1. The molecule has 1 amide bonds. The first-order chi connectivity index (χ1) is 13.2. The molecule has 3 aromatic rings. The van der Waals surface area contributed by atoms with Crippen molar-refractivity contribution in [2.75, 3.05) is 16.8 Å². The Hall–Kier alpha value is -2.85. The maximum atomic E-state index is 13.1. The average molecular weight is 378 g/mol. The Bertz CT molecular complexity index is 956. The zero-order chi connectivity index (χ0) is 18.6. The van der Waals surface area contributed by atoms with Crippen molar-refractivity contribution in [2.24, 2.45) is 0 Å². The zero-order valence-corrected chi connectivity index (χ0v) is 15.6. The van der Waals surface area contributed by atoms with Crippen molar-refractivity contribution in [2.45, 2.75) is 19.4 Å². The number of benzene rings is 2. The number of halogens is 1. The molecule has 1 aliphatic rings. The molecule has 5 heteroatoms. The Labute approximate surface area is 163 Å². The zero-order valence-electron chi connectivity index (χ0n) is 14.9. The molecule has 0 unspecified atom stereocenters. The molecule has 0 radical (unpaired) electrons. The van der Waals surface area contributed by atoms with Crippen LogP contribution in [0.2, 0.25) is 5.02 Å². The van der Waals surface area contributed by atoms with E-state index in [9.17, 15) is 4.79 Å². The second kappa shape index (κ2) is 7.80. The van der Waals surface area contributed by atoms with Crippen LogP contribution in [0, 0.1) is 0 Å². The summed E-state index contributed by atoms with van der Waals surface area (Å²) in [5.41, 5.74) is 4.75. The second-order valence-corrected chi connectivity index (χ2v) is 7.07. The van der Waals surface area contributed by atoms with Crippen molar-refractivity contribution in [3.63, 3.8) is 0 Å². The van der Waals surface area contributed by atoms with E-state index < -0.39 is 0 Å². The van der Waals surface area contributed by atoms with Crippen LogP contribution in [0.25, 0.3) is 0 Å². The lowest BCUT2D eigenvalue weighted by atomic mass is 10.0. The van der Waals surface area contributed by atoms with Gasteiger partial charge < -0.3 is 10.2 Å². The highest BCUT2D eigenvalue weighted by atomic mass is 35.5. The summed E-state index contributed by atoms with van der Waals surface area (Å²) in [4.78, 5) is 19.2. The van der Waals surface area contributed by atoms with E-state index in [1.54, 1.807) is 12.4 Å². The molecular formula is C22H20ClN3O. The van der Waals surface area contributed by atoms with Gasteiger partial charge in [-0.15, -0.1) is 0 Å². The first-order valence-electron chi connectivity index (χ1n) is 9.04. The molecule has 27 heavy (non-hydrogen) atoms. The summed E-state index contributed by atoms with van der Waals surface area (Å²) >= 11 is 5.92. The van der Waals surface area contributed by atoms with Gasteiger partial charge in [-0.25, -0.2) is 0 Å². The Balaban J connectivity index is 1.51. The minimum Gasteiger partial charge on any atom is -0.380 e. The minimum absolute atomic E-state index is 0.00945. The molecule has 4 rings (SSSR count). The number of hydrogen-bond acceptors (Lipinski definition) is 3.